The molecule has 2 amide bonds. The van der Waals surface area contributed by atoms with Crippen molar-refractivity contribution >= 4 is 18.0 Å². The highest BCUT2D eigenvalue weighted by atomic mass is 16.6. The van der Waals surface area contributed by atoms with Gasteiger partial charge in [0.2, 0.25) is 5.91 Å². The average Bonchev–Trinajstić information content (AvgIpc) is 2.92. The number of imide groups is 1. The second kappa shape index (κ2) is 7.76. The molecule has 6 nitrogen and oxygen atoms in total. The summed E-state index contributed by atoms with van der Waals surface area (Å²) in [6, 6.07) is 9.34. The van der Waals surface area contributed by atoms with Gasteiger partial charge >= 0.3 is 12.1 Å². The Morgan fingerprint density at radius 2 is 2.04 bits per heavy atom. The second-order valence-electron chi connectivity index (χ2n) is 5.64. The zero-order valence-electron chi connectivity index (χ0n) is 13.4. The molecule has 2 rings (SSSR count). The second-order valence-corrected chi connectivity index (χ2v) is 5.64. The number of amides is 2. The number of carbonyl (C=O) groups excluding carboxylic acids is 3. The molecule has 0 spiro atoms. The standard InChI is InChI=1S/C17H21NO5/c1-12(8-9-15(19)22-2)16(20)18-14(11-23-17(18)21)10-13-6-4-3-5-7-13/h3-7,12,14H,8-11H2,1-2H3/t12-,14+/m0/s1. The number of rotatable bonds is 6. The molecule has 2 atom stereocenters. The third kappa shape index (κ3) is 4.31. The monoisotopic (exact) mass is 319 g/mol. The molecule has 0 aliphatic carbocycles. The number of methoxy groups -OCH3 is 1. The fourth-order valence-electron chi connectivity index (χ4n) is 2.56. The van der Waals surface area contributed by atoms with E-state index >= 15 is 0 Å². The van der Waals surface area contributed by atoms with E-state index < -0.39 is 12.0 Å². The lowest BCUT2D eigenvalue weighted by molar-refractivity contribution is -0.141. The first-order valence-electron chi connectivity index (χ1n) is 7.63. The Morgan fingerprint density at radius 3 is 2.70 bits per heavy atom. The molecule has 1 fully saturated rings. The molecule has 124 valence electrons. The normalized spacial score (nSPS) is 18.4. The van der Waals surface area contributed by atoms with Crippen molar-refractivity contribution in [2.75, 3.05) is 13.7 Å². The molecule has 0 radical (unpaired) electrons. The minimum atomic E-state index is -0.610. The van der Waals surface area contributed by atoms with E-state index in [4.69, 9.17) is 4.74 Å². The van der Waals surface area contributed by atoms with Gasteiger partial charge in [0, 0.05) is 12.3 Å². The van der Waals surface area contributed by atoms with Crippen molar-refractivity contribution in [3.05, 3.63) is 35.9 Å². The van der Waals surface area contributed by atoms with E-state index in [1.807, 2.05) is 30.3 Å². The molecule has 0 unspecified atom stereocenters. The van der Waals surface area contributed by atoms with Gasteiger partial charge in [-0.3, -0.25) is 9.59 Å². The number of cyclic esters (lactones) is 1. The number of benzene rings is 1. The maximum Gasteiger partial charge on any atom is 0.416 e. The third-order valence-electron chi connectivity index (χ3n) is 3.94. The first kappa shape index (κ1) is 17.0. The van der Waals surface area contributed by atoms with Crippen molar-refractivity contribution in [1.82, 2.24) is 4.90 Å². The zero-order valence-corrected chi connectivity index (χ0v) is 13.4. The fourth-order valence-corrected chi connectivity index (χ4v) is 2.56. The molecule has 0 N–H and O–H groups in total. The summed E-state index contributed by atoms with van der Waals surface area (Å²) in [4.78, 5) is 36.8. The van der Waals surface area contributed by atoms with Gasteiger partial charge in [-0.15, -0.1) is 0 Å². The van der Waals surface area contributed by atoms with Crippen LogP contribution in [-0.2, 0) is 25.5 Å². The number of nitrogens with zero attached hydrogens (tertiary/aromatic N) is 1. The van der Waals surface area contributed by atoms with Crippen molar-refractivity contribution < 1.29 is 23.9 Å². The van der Waals surface area contributed by atoms with Gasteiger partial charge in [0.25, 0.3) is 0 Å². The molecule has 1 saturated heterocycles. The molecule has 1 aromatic rings. The summed E-state index contributed by atoms with van der Waals surface area (Å²) in [6.07, 6.45) is 0.436. The molecule has 1 aliphatic heterocycles. The van der Waals surface area contributed by atoms with Crippen LogP contribution in [-0.4, -0.2) is 42.6 Å². The van der Waals surface area contributed by atoms with Crippen LogP contribution in [0.15, 0.2) is 30.3 Å². The Balaban J connectivity index is 2.00. The Bertz CT molecular complexity index is 572. The predicted molar refractivity (Wildman–Crippen MR) is 82.5 cm³/mol. The topological polar surface area (TPSA) is 72.9 Å². The van der Waals surface area contributed by atoms with Crippen LogP contribution in [0.5, 0.6) is 0 Å². The lowest BCUT2D eigenvalue weighted by atomic mass is 10.0. The lowest BCUT2D eigenvalue weighted by Gasteiger charge is -2.22. The Kier molecular flexibility index (Phi) is 5.73. The zero-order chi connectivity index (χ0) is 16.8. The molecule has 0 saturated carbocycles. The molecule has 1 aromatic carbocycles. The van der Waals surface area contributed by atoms with Gasteiger partial charge in [0.15, 0.2) is 0 Å². The van der Waals surface area contributed by atoms with Crippen molar-refractivity contribution in [3.63, 3.8) is 0 Å². The summed E-state index contributed by atoms with van der Waals surface area (Å²) in [7, 11) is 1.31. The smallest absolute Gasteiger partial charge is 0.416 e. The molecule has 1 heterocycles. The Hall–Kier alpha value is -2.37. The van der Waals surface area contributed by atoms with E-state index in [2.05, 4.69) is 4.74 Å². The Labute approximate surface area is 135 Å². The number of esters is 1. The first-order valence-corrected chi connectivity index (χ1v) is 7.63. The molecule has 0 bridgehead atoms. The van der Waals surface area contributed by atoms with E-state index in [1.54, 1.807) is 6.92 Å². The van der Waals surface area contributed by atoms with Gasteiger partial charge in [0.05, 0.1) is 13.2 Å². The van der Waals surface area contributed by atoms with Crippen LogP contribution in [0, 0.1) is 5.92 Å². The van der Waals surface area contributed by atoms with Crippen LogP contribution in [0.1, 0.15) is 25.3 Å². The summed E-state index contributed by atoms with van der Waals surface area (Å²) in [5, 5.41) is 0. The van der Waals surface area contributed by atoms with Gasteiger partial charge in [0.1, 0.15) is 6.61 Å². The number of hydrogen-bond donors (Lipinski definition) is 0. The molecule has 1 aliphatic rings. The van der Waals surface area contributed by atoms with Gasteiger partial charge in [-0.1, -0.05) is 37.3 Å². The largest absolute Gasteiger partial charge is 0.469 e. The molecule has 6 heteroatoms. The van der Waals surface area contributed by atoms with Crippen molar-refractivity contribution in [2.24, 2.45) is 5.92 Å². The Morgan fingerprint density at radius 1 is 1.35 bits per heavy atom. The highest BCUT2D eigenvalue weighted by molar-refractivity contribution is 5.94. The van der Waals surface area contributed by atoms with E-state index in [-0.39, 0.29) is 30.9 Å². The maximum absolute atomic E-state index is 12.5. The maximum atomic E-state index is 12.5. The summed E-state index contributed by atoms with van der Waals surface area (Å²) in [5.41, 5.74) is 1.04. The molecular formula is C17H21NO5. The van der Waals surface area contributed by atoms with Gasteiger partial charge < -0.3 is 9.47 Å². The quantitative estimate of drug-likeness (QED) is 0.751. The summed E-state index contributed by atoms with van der Waals surface area (Å²) in [6.45, 7) is 1.90. The van der Waals surface area contributed by atoms with E-state index in [0.717, 1.165) is 5.56 Å². The van der Waals surface area contributed by atoms with Crippen LogP contribution >= 0.6 is 0 Å². The van der Waals surface area contributed by atoms with E-state index in [0.29, 0.717) is 12.8 Å². The van der Waals surface area contributed by atoms with Crippen molar-refractivity contribution in [3.8, 4) is 0 Å². The van der Waals surface area contributed by atoms with Gasteiger partial charge in [-0.25, -0.2) is 9.69 Å². The molecule has 23 heavy (non-hydrogen) atoms. The first-order chi connectivity index (χ1) is 11.0. The van der Waals surface area contributed by atoms with E-state index in [9.17, 15) is 14.4 Å². The van der Waals surface area contributed by atoms with Crippen LogP contribution in [0.2, 0.25) is 0 Å². The van der Waals surface area contributed by atoms with Crippen LogP contribution in [0.25, 0.3) is 0 Å². The number of carbonyl (C=O) groups is 3. The van der Waals surface area contributed by atoms with Crippen molar-refractivity contribution in [1.29, 1.82) is 0 Å². The van der Waals surface area contributed by atoms with Crippen LogP contribution in [0.3, 0.4) is 0 Å². The van der Waals surface area contributed by atoms with Crippen LogP contribution in [0.4, 0.5) is 4.79 Å². The average molecular weight is 319 g/mol. The lowest BCUT2D eigenvalue weighted by Crippen LogP contribution is -2.43. The summed E-state index contributed by atoms with van der Waals surface area (Å²) in [5.74, 6) is -1.12. The number of ether oxygens (including phenoxy) is 2. The molecular weight excluding hydrogens is 298 g/mol. The SMILES string of the molecule is COC(=O)CC[C@H](C)C(=O)N1C(=O)OC[C@H]1Cc1ccccc1. The third-order valence-corrected chi connectivity index (χ3v) is 3.94. The minimum Gasteiger partial charge on any atom is -0.469 e. The fraction of sp³-hybridized carbons (Fsp3) is 0.471. The van der Waals surface area contributed by atoms with Gasteiger partial charge in [-0.2, -0.15) is 0 Å². The molecule has 0 aromatic heterocycles. The van der Waals surface area contributed by atoms with Gasteiger partial charge in [-0.05, 0) is 18.4 Å². The predicted octanol–water partition coefficient (Wildman–Crippen LogP) is 2.17. The summed E-state index contributed by atoms with van der Waals surface area (Å²) < 4.78 is 9.61. The van der Waals surface area contributed by atoms with Crippen molar-refractivity contribution in [2.45, 2.75) is 32.2 Å². The number of hydrogen-bond acceptors (Lipinski definition) is 5. The van der Waals surface area contributed by atoms with E-state index in [1.165, 1.54) is 12.0 Å². The minimum absolute atomic E-state index is 0.148. The highest BCUT2D eigenvalue weighted by Gasteiger charge is 2.39. The highest BCUT2D eigenvalue weighted by Crippen LogP contribution is 2.21. The van der Waals surface area contributed by atoms with Crippen LogP contribution < -0.4 is 0 Å². The summed E-state index contributed by atoms with van der Waals surface area (Å²) >= 11 is 0.